The van der Waals surface area contributed by atoms with Crippen LogP contribution >= 0.6 is 0 Å². The number of hydrogen-bond acceptors (Lipinski definition) is 3. The molecule has 1 aromatic rings. The molecule has 1 rings (SSSR count). The maximum atomic E-state index is 6.29. The summed E-state index contributed by atoms with van der Waals surface area (Å²) in [6.07, 6.45) is 0. The molecule has 0 amide bonds. The molecule has 0 bridgehead atoms. The minimum absolute atomic E-state index is 0.104. The maximum absolute atomic E-state index is 6.29. The lowest BCUT2D eigenvalue weighted by atomic mass is 9.88. The molecule has 16 heavy (non-hydrogen) atoms. The highest BCUT2D eigenvalue weighted by Crippen LogP contribution is 2.30. The lowest BCUT2D eigenvalue weighted by molar-refractivity contribution is 0.333. The van der Waals surface area contributed by atoms with E-state index in [2.05, 4.69) is 32.2 Å². The number of methoxy groups -OCH3 is 1. The SMILES string of the molecule is CNC(C)(C)C(N)c1cc(C)ccc1OC. The van der Waals surface area contributed by atoms with Crippen LogP contribution in [0.2, 0.25) is 0 Å². The summed E-state index contributed by atoms with van der Waals surface area (Å²) in [6.45, 7) is 6.22. The second-order valence-corrected chi connectivity index (χ2v) is 4.69. The fourth-order valence-electron chi connectivity index (χ4n) is 1.64. The van der Waals surface area contributed by atoms with Gasteiger partial charge in [-0.05, 0) is 33.9 Å². The molecule has 1 aromatic carbocycles. The number of likely N-dealkylation sites (N-methyl/N-ethyl adjacent to an activating group) is 1. The largest absolute Gasteiger partial charge is 0.496 e. The van der Waals surface area contributed by atoms with Gasteiger partial charge in [0.15, 0.2) is 0 Å². The van der Waals surface area contributed by atoms with Gasteiger partial charge in [-0.2, -0.15) is 0 Å². The van der Waals surface area contributed by atoms with Gasteiger partial charge in [0.2, 0.25) is 0 Å². The van der Waals surface area contributed by atoms with Crippen LogP contribution in [0.1, 0.15) is 31.0 Å². The highest BCUT2D eigenvalue weighted by Gasteiger charge is 2.27. The van der Waals surface area contributed by atoms with Crippen molar-refractivity contribution < 1.29 is 4.74 Å². The molecule has 0 heterocycles. The Morgan fingerprint density at radius 1 is 1.38 bits per heavy atom. The van der Waals surface area contributed by atoms with Gasteiger partial charge in [0, 0.05) is 11.1 Å². The van der Waals surface area contributed by atoms with Gasteiger partial charge in [0.1, 0.15) is 5.75 Å². The number of ether oxygens (including phenoxy) is 1. The highest BCUT2D eigenvalue weighted by molar-refractivity contribution is 5.40. The summed E-state index contributed by atoms with van der Waals surface area (Å²) in [5.41, 5.74) is 8.36. The highest BCUT2D eigenvalue weighted by atomic mass is 16.5. The van der Waals surface area contributed by atoms with Gasteiger partial charge < -0.3 is 15.8 Å². The van der Waals surface area contributed by atoms with Crippen molar-refractivity contribution in [1.82, 2.24) is 5.32 Å². The normalized spacial score (nSPS) is 13.6. The van der Waals surface area contributed by atoms with Gasteiger partial charge in [-0.25, -0.2) is 0 Å². The first-order valence-electron chi connectivity index (χ1n) is 5.51. The lowest BCUT2D eigenvalue weighted by Gasteiger charge is -2.32. The minimum atomic E-state index is -0.166. The van der Waals surface area contributed by atoms with Crippen LogP contribution in [0.25, 0.3) is 0 Å². The zero-order valence-corrected chi connectivity index (χ0v) is 10.8. The van der Waals surface area contributed by atoms with Crippen LogP contribution in [0.3, 0.4) is 0 Å². The summed E-state index contributed by atoms with van der Waals surface area (Å²) in [4.78, 5) is 0. The zero-order valence-electron chi connectivity index (χ0n) is 10.8. The number of nitrogens with one attached hydrogen (secondary N) is 1. The molecule has 0 radical (unpaired) electrons. The third kappa shape index (κ3) is 2.54. The van der Waals surface area contributed by atoms with Crippen molar-refractivity contribution in [2.24, 2.45) is 5.73 Å². The summed E-state index contributed by atoms with van der Waals surface area (Å²) in [7, 11) is 3.59. The van der Waals surface area contributed by atoms with E-state index in [1.54, 1.807) is 7.11 Å². The molecule has 0 aliphatic rings. The van der Waals surface area contributed by atoms with Crippen molar-refractivity contribution in [3.8, 4) is 5.75 Å². The van der Waals surface area contributed by atoms with Crippen molar-refractivity contribution in [2.75, 3.05) is 14.2 Å². The van der Waals surface area contributed by atoms with Gasteiger partial charge in [0.25, 0.3) is 0 Å². The van der Waals surface area contributed by atoms with Crippen LogP contribution in [-0.2, 0) is 0 Å². The van der Waals surface area contributed by atoms with E-state index >= 15 is 0 Å². The maximum Gasteiger partial charge on any atom is 0.123 e. The molecule has 1 unspecified atom stereocenters. The van der Waals surface area contributed by atoms with Crippen LogP contribution in [-0.4, -0.2) is 19.7 Å². The Morgan fingerprint density at radius 3 is 2.50 bits per heavy atom. The molecule has 0 aliphatic carbocycles. The Hall–Kier alpha value is -1.06. The quantitative estimate of drug-likeness (QED) is 0.819. The Bertz CT molecular complexity index is 361. The van der Waals surface area contributed by atoms with Crippen molar-refractivity contribution in [3.63, 3.8) is 0 Å². The Labute approximate surface area is 98.0 Å². The summed E-state index contributed by atoms with van der Waals surface area (Å²) in [5.74, 6) is 0.849. The van der Waals surface area contributed by atoms with E-state index < -0.39 is 0 Å². The first-order chi connectivity index (χ1) is 7.42. The summed E-state index contributed by atoms with van der Waals surface area (Å²) in [5, 5.41) is 3.23. The monoisotopic (exact) mass is 222 g/mol. The minimum Gasteiger partial charge on any atom is -0.496 e. The number of aryl methyl sites for hydroxylation is 1. The Morgan fingerprint density at radius 2 is 2.00 bits per heavy atom. The van der Waals surface area contributed by atoms with E-state index in [9.17, 15) is 0 Å². The van der Waals surface area contributed by atoms with Crippen LogP contribution < -0.4 is 15.8 Å². The lowest BCUT2D eigenvalue weighted by Crippen LogP contribution is -2.46. The third-order valence-corrected chi connectivity index (χ3v) is 3.14. The topological polar surface area (TPSA) is 47.3 Å². The predicted molar refractivity (Wildman–Crippen MR) is 67.8 cm³/mol. The predicted octanol–water partition coefficient (Wildman–Crippen LogP) is 2.00. The van der Waals surface area contributed by atoms with Crippen LogP contribution in [0, 0.1) is 6.92 Å². The third-order valence-electron chi connectivity index (χ3n) is 3.14. The molecule has 1 atom stereocenters. The molecule has 0 spiro atoms. The van der Waals surface area contributed by atoms with E-state index in [1.807, 2.05) is 19.2 Å². The summed E-state index contributed by atoms with van der Waals surface area (Å²) < 4.78 is 5.35. The second kappa shape index (κ2) is 4.85. The second-order valence-electron chi connectivity index (χ2n) is 4.69. The van der Waals surface area contributed by atoms with E-state index in [1.165, 1.54) is 5.56 Å². The fourth-order valence-corrected chi connectivity index (χ4v) is 1.64. The van der Waals surface area contributed by atoms with Gasteiger partial charge in [0.05, 0.1) is 13.2 Å². The van der Waals surface area contributed by atoms with Crippen LogP contribution in [0.15, 0.2) is 18.2 Å². The van der Waals surface area contributed by atoms with Gasteiger partial charge in [-0.15, -0.1) is 0 Å². The van der Waals surface area contributed by atoms with Gasteiger partial charge in [-0.3, -0.25) is 0 Å². The molecule has 3 N–H and O–H groups in total. The van der Waals surface area contributed by atoms with Gasteiger partial charge in [-0.1, -0.05) is 17.7 Å². The Kier molecular flexibility index (Phi) is 3.94. The fraction of sp³-hybridized carbons (Fsp3) is 0.538. The van der Waals surface area contributed by atoms with E-state index in [-0.39, 0.29) is 11.6 Å². The van der Waals surface area contributed by atoms with Crippen molar-refractivity contribution in [1.29, 1.82) is 0 Å². The molecule has 90 valence electrons. The average Bonchev–Trinajstić information content (AvgIpc) is 2.28. The first kappa shape index (κ1) is 13.0. The molecule has 3 heteroatoms. The number of nitrogens with two attached hydrogens (primary N) is 1. The molecule has 3 nitrogen and oxygen atoms in total. The van der Waals surface area contributed by atoms with Crippen molar-refractivity contribution in [3.05, 3.63) is 29.3 Å². The number of hydrogen-bond donors (Lipinski definition) is 2. The zero-order chi connectivity index (χ0) is 12.3. The van der Waals surface area contributed by atoms with E-state index in [0.717, 1.165) is 11.3 Å². The molecule has 0 aliphatic heterocycles. The molecule has 0 saturated heterocycles. The summed E-state index contributed by atoms with van der Waals surface area (Å²) in [6, 6.07) is 5.98. The Balaban J connectivity index is 3.16. The molecule has 0 fully saturated rings. The summed E-state index contributed by atoms with van der Waals surface area (Å²) >= 11 is 0. The first-order valence-corrected chi connectivity index (χ1v) is 5.51. The van der Waals surface area contributed by atoms with Crippen LogP contribution in [0.4, 0.5) is 0 Å². The van der Waals surface area contributed by atoms with Crippen molar-refractivity contribution >= 4 is 0 Å². The van der Waals surface area contributed by atoms with Crippen LogP contribution in [0.5, 0.6) is 5.75 Å². The molecular formula is C13H22N2O. The molecule has 0 aromatic heterocycles. The average molecular weight is 222 g/mol. The van der Waals surface area contributed by atoms with E-state index in [4.69, 9.17) is 10.5 Å². The molecule has 0 saturated carbocycles. The standard InChI is InChI=1S/C13H22N2O/c1-9-6-7-11(16-5)10(8-9)12(14)13(2,3)15-4/h6-8,12,15H,14H2,1-5H3. The number of benzene rings is 1. The number of rotatable bonds is 4. The van der Waals surface area contributed by atoms with Crippen molar-refractivity contribution in [2.45, 2.75) is 32.4 Å². The molecular weight excluding hydrogens is 200 g/mol. The smallest absolute Gasteiger partial charge is 0.123 e. The van der Waals surface area contributed by atoms with E-state index in [0.29, 0.717) is 0 Å². The van der Waals surface area contributed by atoms with Gasteiger partial charge >= 0.3 is 0 Å².